The molecule has 2 fully saturated rings. The number of aliphatic hydroxyl groups is 1. The van der Waals surface area contributed by atoms with Crippen LogP contribution in [0.1, 0.15) is 45.4 Å². The number of likely N-dealkylation sites (N-methyl/N-ethyl adjacent to an activating group) is 1. The number of carbonyl (C=O) groups excluding carboxylic acids is 1. The van der Waals surface area contributed by atoms with Crippen LogP contribution in [0.3, 0.4) is 0 Å². The molecule has 3 N–H and O–H groups in total. The molecule has 1 aliphatic carbocycles. The monoisotopic (exact) mass is 270 g/mol. The van der Waals surface area contributed by atoms with Crippen LogP contribution in [0.25, 0.3) is 0 Å². The Morgan fingerprint density at radius 3 is 2.68 bits per heavy atom. The molecule has 0 spiro atoms. The predicted molar refractivity (Wildman–Crippen MR) is 72.7 cm³/mol. The smallest absolute Gasteiger partial charge is 0.410 e. The van der Waals surface area contributed by atoms with Crippen LogP contribution < -0.4 is 5.73 Å². The third-order valence-corrected chi connectivity index (χ3v) is 4.44. The van der Waals surface area contributed by atoms with E-state index in [0.29, 0.717) is 19.0 Å². The number of hydrogen-bond donors (Lipinski definition) is 2. The highest BCUT2D eigenvalue weighted by molar-refractivity contribution is 5.69. The van der Waals surface area contributed by atoms with Crippen molar-refractivity contribution in [3.63, 3.8) is 0 Å². The van der Waals surface area contributed by atoms with Gasteiger partial charge in [-0.15, -0.1) is 0 Å². The first-order valence-corrected chi connectivity index (χ1v) is 7.51. The van der Waals surface area contributed by atoms with E-state index in [9.17, 15) is 9.90 Å². The van der Waals surface area contributed by atoms with Crippen molar-refractivity contribution < 1.29 is 14.6 Å². The maximum Gasteiger partial charge on any atom is 0.410 e. The fraction of sp³-hybridized carbons (Fsp3) is 0.929. The standard InChI is InChI=1S/C14H26N2O3/c1-2-16-9-12(19-14(16)18)13(17)11(15)8-10-6-4-3-5-7-10/h10-13,17H,2-9,15H2,1H3/t11?,12-,13?/m1/s1. The summed E-state index contributed by atoms with van der Waals surface area (Å²) in [4.78, 5) is 13.1. The van der Waals surface area contributed by atoms with Gasteiger partial charge in [0.1, 0.15) is 12.2 Å². The zero-order chi connectivity index (χ0) is 13.8. The average Bonchev–Trinajstić information content (AvgIpc) is 2.80. The van der Waals surface area contributed by atoms with E-state index in [4.69, 9.17) is 10.5 Å². The number of nitrogens with two attached hydrogens (primary N) is 1. The molecule has 3 atom stereocenters. The fourth-order valence-electron chi connectivity index (χ4n) is 3.19. The first-order valence-electron chi connectivity index (χ1n) is 7.51. The van der Waals surface area contributed by atoms with Gasteiger partial charge in [-0.2, -0.15) is 0 Å². The van der Waals surface area contributed by atoms with Gasteiger partial charge in [0.2, 0.25) is 0 Å². The molecule has 1 saturated heterocycles. The Morgan fingerprint density at radius 1 is 1.42 bits per heavy atom. The molecule has 1 saturated carbocycles. The largest absolute Gasteiger partial charge is 0.441 e. The molecule has 110 valence electrons. The minimum absolute atomic E-state index is 0.294. The van der Waals surface area contributed by atoms with Gasteiger partial charge >= 0.3 is 6.09 Å². The summed E-state index contributed by atoms with van der Waals surface area (Å²) in [5, 5.41) is 10.3. The van der Waals surface area contributed by atoms with Crippen LogP contribution in [0.15, 0.2) is 0 Å². The van der Waals surface area contributed by atoms with Crippen molar-refractivity contribution in [2.45, 2.75) is 63.7 Å². The normalized spacial score (nSPS) is 28.3. The van der Waals surface area contributed by atoms with Crippen molar-refractivity contribution in [3.05, 3.63) is 0 Å². The summed E-state index contributed by atoms with van der Waals surface area (Å²) in [7, 11) is 0. The van der Waals surface area contributed by atoms with Crippen LogP contribution in [-0.2, 0) is 4.74 Å². The Labute approximate surface area is 115 Å². The van der Waals surface area contributed by atoms with E-state index >= 15 is 0 Å². The molecule has 19 heavy (non-hydrogen) atoms. The molecule has 0 radical (unpaired) electrons. The molecule has 0 bridgehead atoms. The van der Waals surface area contributed by atoms with Crippen LogP contribution in [0.2, 0.25) is 0 Å². The van der Waals surface area contributed by atoms with Gasteiger partial charge in [-0.3, -0.25) is 0 Å². The summed E-state index contributed by atoms with van der Waals surface area (Å²) in [6, 6.07) is -0.294. The van der Waals surface area contributed by atoms with Crippen molar-refractivity contribution in [1.29, 1.82) is 0 Å². The van der Waals surface area contributed by atoms with Crippen molar-refractivity contribution >= 4 is 6.09 Å². The highest BCUT2D eigenvalue weighted by atomic mass is 16.6. The molecular weight excluding hydrogens is 244 g/mol. The first kappa shape index (κ1) is 14.6. The lowest BCUT2D eigenvalue weighted by molar-refractivity contribution is 0.0120. The lowest BCUT2D eigenvalue weighted by atomic mass is 9.83. The van der Waals surface area contributed by atoms with Gasteiger partial charge in [0.25, 0.3) is 0 Å². The van der Waals surface area contributed by atoms with Crippen LogP contribution in [-0.4, -0.2) is 47.4 Å². The second kappa shape index (κ2) is 6.57. The third kappa shape index (κ3) is 3.60. The van der Waals surface area contributed by atoms with Crippen molar-refractivity contribution in [1.82, 2.24) is 4.90 Å². The minimum atomic E-state index is -0.748. The highest BCUT2D eigenvalue weighted by Crippen LogP contribution is 2.28. The molecule has 0 aromatic carbocycles. The minimum Gasteiger partial charge on any atom is -0.441 e. The lowest BCUT2D eigenvalue weighted by Gasteiger charge is -2.28. The number of carbonyl (C=O) groups is 1. The zero-order valence-corrected chi connectivity index (χ0v) is 11.8. The van der Waals surface area contributed by atoms with Gasteiger partial charge in [0, 0.05) is 12.6 Å². The van der Waals surface area contributed by atoms with Gasteiger partial charge in [-0.1, -0.05) is 32.1 Å². The molecule has 2 rings (SSSR count). The Morgan fingerprint density at radius 2 is 2.11 bits per heavy atom. The van der Waals surface area contributed by atoms with E-state index in [2.05, 4.69) is 0 Å². The van der Waals surface area contributed by atoms with E-state index in [1.54, 1.807) is 4.90 Å². The Balaban J connectivity index is 1.81. The van der Waals surface area contributed by atoms with Crippen LogP contribution in [0, 0.1) is 5.92 Å². The molecule has 1 amide bonds. The van der Waals surface area contributed by atoms with Gasteiger partial charge in [-0.25, -0.2) is 4.79 Å². The Hall–Kier alpha value is -0.810. The van der Waals surface area contributed by atoms with Crippen LogP contribution >= 0.6 is 0 Å². The van der Waals surface area contributed by atoms with Gasteiger partial charge in [0.15, 0.2) is 0 Å². The fourth-order valence-corrected chi connectivity index (χ4v) is 3.19. The number of rotatable bonds is 5. The van der Waals surface area contributed by atoms with Gasteiger partial charge in [0.05, 0.1) is 6.54 Å². The highest BCUT2D eigenvalue weighted by Gasteiger charge is 2.38. The summed E-state index contributed by atoms with van der Waals surface area (Å²) >= 11 is 0. The van der Waals surface area contributed by atoms with E-state index in [1.807, 2.05) is 6.92 Å². The molecule has 0 aromatic rings. The number of ether oxygens (including phenoxy) is 1. The molecule has 0 aromatic heterocycles. The first-order chi connectivity index (χ1) is 9.11. The molecule has 5 heteroatoms. The second-order valence-electron chi connectivity index (χ2n) is 5.86. The van der Waals surface area contributed by atoms with E-state index in [-0.39, 0.29) is 12.1 Å². The average molecular weight is 270 g/mol. The number of aliphatic hydroxyl groups excluding tert-OH is 1. The molecule has 5 nitrogen and oxygen atoms in total. The number of cyclic esters (lactones) is 1. The van der Waals surface area contributed by atoms with Crippen molar-refractivity contribution in [2.24, 2.45) is 11.7 Å². The van der Waals surface area contributed by atoms with Crippen LogP contribution in [0.5, 0.6) is 0 Å². The summed E-state index contributed by atoms with van der Waals surface area (Å²) in [5.41, 5.74) is 6.10. The number of amides is 1. The Bertz CT molecular complexity index is 305. The zero-order valence-electron chi connectivity index (χ0n) is 11.8. The van der Waals surface area contributed by atoms with E-state index < -0.39 is 12.2 Å². The van der Waals surface area contributed by atoms with Gasteiger partial charge in [-0.05, 0) is 19.3 Å². The summed E-state index contributed by atoms with van der Waals surface area (Å²) < 4.78 is 5.19. The quantitative estimate of drug-likeness (QED) is 0.793. The predicted octanol–water partition coefficient (Wildman–Crippen LogP) is 1.49. The van der Waals surface area contributed by atoms with Gasteiger partial charge < -0.3 is 20.5 Å². The number of nitrogens with zero attached hydrogens (tertiary/aromatic N) is 1. The summed E-state index contributed by atoms with van der Waals surface area (Å²) in [5.74, 6) is 0.623. The second-order valence-corrected chi connectivity index (χ2v) is 5.86. The molecule has 2 unspecified atom stereocenters. The summed E-state index contributed by atoms with van der Waals surface area (Å²) in [6.07, 6.45) is 5.58. The lowest BCUT2D eigenvalue weighted by Crippen LogP contribution is -2.45. The topological polar surface area (TPSA) is 75.8 Å². The maximum atomic E-state index is 11.5. The molecular formula is C14H26N2O3. The van der Waals surface area contributed by atoms with E-state index in [1.165, 1.54) is 32.1 Å². The SMILES string of the molecule is CCN1C[C@H](C(O)C(N)CC2CCCCC2)OC1=O. The van der Waals surface area contributed by atoms with E-state index in [0.717, 1.165) is 6.42 Å². The summed E-state index contributed by atoms with van der Waals surface area (Å²) in [6.45, 7) is 2.97. The van der Waals surface area contributed by atoms with Crippen LogP contribution in [0.4, 0.5) is 4.79 Å². The maximum absolute atomic E-state index is 11.5. The van der Waals surface area contributed by atoms with Crippen molar-refractivity contribution in [3.8, 4) is 0 Å². The Kier molecular flexibility index (Phi) is 5.05. The molecule has 1 heterocycles. The molecule has 1 aliphatic heterocycles. The molecule has 2 aliphatic rings. The third-order valence-electron chi connectivity index (χ3n) is 4.44. The van der Waals surface area contributed by atoms with Crippen molar-refractivity contribution in [2.75, 3.05) is 13.1 Å². The number of hydrogen-bond acceptors (Lipinski definition) is 4.